The number of aromatic nitrogens is 1. The minimum Gasteiger partial charge on any atom is -0.480 e. The number of carboxylic acids is 1. The summed E-state index contributed by atoms with van der Waals surface area (Å²) in [6, 6.07) is 3.11. The van der Waals surface area contributed by atoms with Crippen LogP contribution in [-0.2, 0) is 16.1 Å². The van der Waals surface area contributed by atoms with Crippen molar-refractivity contribution in [3.05, 3.63) is 24.0 Å². The smallest absolute Gasteiger partial charge is 0.323 e. The number of aliphatic carboxylic acids is 1. The van der Waals surface area contributed by atoms with Crippen molar-refractivity contribution in [3.63, 3.8) is 0 Å². The molecule has 2 N–H and O–H groups in total. The van der Waals surface area contributed by atoms with E-state index in [0.717, 1.165) is 0 Å². The molecule has 1 rings (SSSR count). The number of hydrogen-bond donors (Lipinski definition) is 2. The van der Waals surface area contributed by atoms with Crippen molar-refractivity contribution in [2.75, 3.05) is 13.2 Å². The molecule has 1 unspecified atom stereocenters. The average Bonchev–Trinajstić information content (AvgIpc) is 2.73. The monoisotopic (exact) mass is 254 g/mol. The van der Waals surface area contributed by atoms with E-state index in [0.29, 0.717) is 18.9 Å². The van der Waals surface area contributed by atoms with Gasteiger partial charge in [-0.25, -0.2) is 0 Å². The number of ether oxygens (including phenoxy) is 1. The van der Waals surface area contributed by atoms with Crippen LogP contribution in [0.4, 0.5) is 0 Å². The van der Waals surface area contributed by atoms with Crippen molar-refractivity contribution in [2.45, 2.75) is 26.4 Å². The van der Waals surface area contributed by atoms with Gasteiger partial charge < -0.3 is 19.7 Å². The van der Waals surface area contributed by atoms with Crippen LogP contribution in [-0.4, -0.2) is 40.8 Å². The van der Waals surface area contributed by atoms with Gasteiger partial charge in [-0.2, -0.15) is 0 Å². The van der Waals surface area contributed by atoms with Gasteiger partial charge in [0, 0.05) is 18.8 Å². The molecule has 1 heterocycles. The SMILES string of the molecule is CCOCC(C)NC(=O)c1cccn1CC(=O)O. The Kier molecular flexibility index (Phi) is 5.38. The first kappa shape index (κ1) is 14.2. The lowest BCUT2D eigenvalue weighted by Crippen LogP contribution is -2.37. The van der Waals surface area contributed by atoms with Crippen molar-refractivity contribution < 1.29 is 19.4 Å². The van der Waals surface area contributed by atoms with Crippen LogP contribution in [0.25, 0.3) is 0 Å². The maximum atomic E-state index is 11.9. The minimum atomic E-state index is -0.984. The number of amides is 1. The summed E-state index contributed by atoms with van der Waals surface area (Å²) in [6.07, 6.45) is 1.57. The van der Waals surface area contributed by atoms with Crippen molar-refractivity contribution in [1.29, 1.82) is 0 Å². The molecule has 0 aromatic carbocycles. The van der Waals surface area contributed by atoms with E-state index in [-0.39, 0.29) is 18.5 Å². The van der Waals surface area contributed by atoms with E-state index in [1.54, 1.807) is 18.3 Å². The maximum Gasteiger partial charge on any atom is 0.323 e. The maximum absolute atomic E-state index is 11.9. The second kappa shape index (κ2) is 6.80. The van der Waals surface area contributed by atoms with Gasteiger partial charge in [0.15, 0.2) is 0 Å². The van der Waals surface area contributed by atoms with Crippen molar-refractivity contribution >= 4 is 11.9 Å². The zero-order valence-electron chi connectivity index (χ0n) is 10.5. The molecule has 1 amide bonds. The van der Waals surface area contributed by atoms with Crippen molar-refractivity contribution in [3.8, 4) is 0 Å². The molecule has 6 heteroatoms. The Hall–Kier alpha value is -1.82. The highest BCUT2D eigenvalue weighted by atomic mass is 16.5. The standard InChI is InChI=1S/C12H18N2O4/c1-3-18-8-9(2)13-12(17)10-5-4-6-14(10)7-11(15)16/h4-6,9H,3,7-8H2,1-2H3,(H,13,17)(H,15,16). The van der Waals surface area contributed by atoms with Crippen LogP contribution in [0.1, 0.15) is 24.3 Å². The molecule has 0 saturated carbocycles. The lowest BCUT2D eigenvalue weighted by atomic mass is 10.3. The molecule has 0 aliphatic heterocycles. The van der Waals surface area contributed by atoms with Gasteiger partial charge in [-0.3, -0.25) is 9.59 Å². The van der Waals surface area contributed by atoms with Gasteiger partial charge in [0.25, 0.3) is 5.91 Å². The van der Waals surface area contributed by atoms with E-state index >= 15 is 0 Å². The van der Waals surface area contributed by atoms with Crippen molar-refractivity contribution in [2.24, 2.45) is 0 Å². The quantitative estimate of drug-likeness (QED) is 0.751. The van der Waals surface area contributed by atoms with Crippen LogP contribution in [0.3, 0.4) is 0 Å². The molecule has 1 aromatic rings. The molecule has 0 bridgehead atoms. The third-order valence-electron chi connectivity index (χ3n) is 2.32. The number of carbonyl (C=O) groups excluding carboxylic acids is 1. The van der Waals surface area contributed by atoms with E-state index in [2.05, 4.69) is 5.32 Å². The third kappa shape index (κ3) is 4.21. The van der Waals surface area contributed by atoms with Gasteiger partial charge in [-0.05, 0) is 26.0 Å². The normalized spacial score (nSPS) is 12.1. The van der Waals surface area contributed by atoms with Crippen LogP contribution < -0.4 is 5.32 Å². The zero-order chi connectivity index (χ0) is 13.5. The molecule has 18 heavy (non-hydrogen) atoms. The molecule has 100 valence electrons. The van der Waals surface area contributed by atoms with Crippen LogP contribution in [0.2, 0.25) is 0 Å². The predicted octanol–water partition coefficient (Wildman–Crippen LogP) is 0.728. The molecular weight excluding hydrogens is 236 g/mol. The molecule has 0 radical (unpaired) electrons. The fourth-order valence-corrected chi connectivity index (χ4v) is 1.54. The second-order valence-electron chi connectivity index (χ2n) is 3.95. The molecule has 6 nitrogen and oxygen atoms in total. The molecule has 0 spiro atoms. The van der Waals surface area contributed by atoms with Gasteiger partial charge in [0.1, 0.15) is 12.2 Å². The van der Waals surface area contributed by atoms with Gasteiger partial charge in [0.05, 0.1) is 6.61 Å². The highest BCUT2D eigenvalue weighted by molar-refractivity contribution is 5.93. The minimum absolute atomic E-state index is 0.120. The fourth-order valence-electron chi connectivity index (χ4n) is 1.54. The highest BCUT2D eigenvalue weighted by Gasteiger charge is 2.14. The molecule has 0 saturated heterocycles. The lowest BCUT2D eigenvalue weighted by molar-refractivity contribution is -0.137. The summed E-state index contributed by atoms with van der Waals surface area (Å²) in [6.45, 7) is 4.51. The Bertz CT molecular complexity index is 414. The van der Waals surface area contributed by atoms with Crippen LogP contribution in [0.15, 0.2) is 18.3 Å². The van der Waals surface area contributed by atoms with E-state index < -0.39 is 5.97 Å². The van der Waals surface area contributed by atoms with Crippen LogP contribution in [0, 0.1) is 0 Å². The number of carboxylic acid groups (broad SMARTS) is 1. The number of nitrogens with zero attached hydrogens (tertiary/aromatic N) is 1. The molecular formula is C12H18N2O4. The molecule has 0 aliphatic carbocycles. The Morgan fingerprint density at radius 1 is 1.56 bits per heavy atom. The fraction of sp³-hybridized carbons (Fsp3) is 0.500. The highest BCUT2D eigenvalue weighted by Crippen LogP contribution is 2.03. The molecule has 0 aliphatic rings. The summed E-state index contributed by atoms with van der Waals surface area (Å²) in [5, 5.41) is 11.5. The predicted molar refractivity (Wildman–Crippen MR) is 65.5 cm³/mol. The van der Waals surface area contributed by atoms with E-state index in [1.165, 1.54) is 4.57 Å². The van der Waals surface area contributed by atoms with Crippen molar-refractivity contribution in [1.82, 2.24) is 9.88 Å². The van der Waals surface area contributed by atoms with Crippen LogP contribution in [0.5, 0.6) is 0 Å². The molecule has 1 atom stereocenters. The Labute approximate surface area is 106 Å². The topological polar surface area (TPSA) is 80.6 Å². The second-order valence-corrected chi connectivity index (χ2v) is 3.95. The average molecular weight is 254 g/mol. The summed E-state index contributed by atoms with van der Waals surface area (Å²) in [5.74, 6) is -1.28. The van der Waals surface area contributed by atoms with Gasteiger partial charge in [-0.1, -0.05) is 0 Å². The Morgan fingerprint density at radius 2 is 2.28 bits per heavy atom. The molecule has 1 aromatic heterocycles. The van der Waals surface area contributed by atoms with Gasteiger partial charge in [-0.15, -0.1) is 0 Å². The number of hydrogen-bond acceptors (Lipinski definition) is 3. The van der Waals surface area contributed by atoms with E-state index in [9.17, 15) is 9.59 Å². The summed E-state index contributed by atoms with van der Waals surface area (Å²) in [4.78, 5) is 22.5. The zero-order valence-corrected chi connectivity index (χ0v) is 10.5. The van der Waals surface area contributed by atoms with Gasteiger partial charge in [0.2, 0.25) is 0 Å². The summed E-state index contributed by atoms with van der Waals surface area (Å²) in [5.41, 5.74) is 0.334. The number of carbonyl (C=O) groups is 2. The van der Waals surface area contributed by atoms with E-state index in [1.807, 2.05) is 13.8 Å². The molecule has 0 fully saturated rings. The lowest BCUT2D eigenvalue weighted by Gasteiger charge is -2.14. The first-order valence-corrected chi connectivity index (χ1v) is 5.80. The largest absolute Gasteiger partial charge is 0.480 e. The first-order valence-electron chi connectivity index (χ1n) is 5.80. The Morgan fingerprint density at radius 3 is 2.89 bits per heavy atom. The third-order valence-corrected chi connectivity index (χ3v) is 2.32. The van der Waals surface area contributed by atoms with E-state index in [4.69, 9.17) is 9.84 Å². The first-order chi connectivity index (χ1) is 8.54. The number of rotatable bonds is 7. The summed E-state index contributed by atoms with van der Waals surface area (Å²) >= 11 is 0. The number of nitrogens with one attached hydrogen (secondary N) is 1. The van der Waals surface area contributed by atoms with Gasteiger partial charge >= 0.3 is 5.97 Å². The Balaban J connectivity index is 2.61. The summed E-state index contributed by atoms with van der Waals surface area (Å²) in [7, 11) is 0. The van der Waals surface area contributed by atoms with Crippen LogP contribution >= 0.6 is 0 Å². The summed E-state index contributed by atoms with van der Waals surface area (Å²) < 4.78 is 6.59.